The van der Waals surface area contributed by atoms with Gasteiger partial charge in [-0.25, -0.2) is 0 Å². The smallest absolute Gasteiger partial charge is 0.303 e. The van der Waals surface area contributed by atoms with Gasteiger partial charge in [0.25, 0.3) is 0 Å². The minimum absolute atomic E-state index is 0.0648. The summed E-state index contributed by atoms with van der Waals surface area (Å²) in [6.07, 6.45) is 10.5. The topological polar surface area (TPSA) is 99.4 Å². The summed E-state index contributed by atoms with van der Waals surface area (Å²) >= 11 is 0. The van der Waals surface area contributed by atoms with Crippen LogP contribution in [0.15, 0.2) is 17.3 Å². The first kappa shape index (κ1) is 20.9. The number of nitrogens with zero attached hydrogens (tertiary/aromatic N) is 1. The van der Waals surface area contributed by atoms with E-state index in [4.69, 9.17) is 9.94 Å². The summed E-state index contributed by atoms with van der Waals surface area (Å²) in [4.78, 5) is 15.7. The van der Waals surface area contributed by atoms with Crippen molar-refractivity contribution < 1.29 is 25.0 Å². The Morgan fingerprint density at radius 3 is 2.88 bits per heavy atom. The van der Waals surface area contributed by atoms with Gasteiger partial charge in [0, 0.05) is 18.3 Å². The van der Waals surface area contributed by atoms with Gasteiger partial charge in [0.15, 0.2) is 0 Å². The van der Waals surface area contributed by atoms with Gasteiger partial charge in [-0.1, -0.05) is 49.9 Å². The van der Waals surface area contributed by atoms with Crippen molar-refractivity contribution in [3.05, 3.63) is 12.2 Å². The molecule has 2 fully saturated rings. The molecule has 2 aliphatic rings. The van der Waals surface area contributed by atoms with E-state index in [1.54, 1.807) is 0 Å². The van der Waals surface area contributed by atoms with Gasteiger partial charge in [-0.2, -0.15) is 0 Å². The number of carbonyl (C=O) groups is 1. The Bertz CT molecular complexity index is 504. The van der Waals surface area contributed by atoms with Crippen LogP contribution in [0.3, 0.4) is 0 Å². The molecule has 3 N–H and O–H groups in total. The van der Waals surface area contributed by atoms with Crippen LogP contribution in [0.25, 0.3) is 0 Å². The zero-order valence-electron chi connectivity index (χ0n) is 15.7. The van der Waals surface area contributed by atoms with E-state index in [1.165, 1.54) is 12.8 Å². The van der Waals surface area contributed by atoms with E-state index in [-0.39, 0.29) is 30.3 Å². The van der Waals surface area contributed by atoms with E-state index in [1.807, 2.05) is 12.2 Å². The minimum Gasteiger partial charge on any atom is -0.481 e. The van der Waals surface area contributed by atoms with E-state index >= 15 is 0 Å². The van der Waals surface area contributed by atoms with Crippen molar-refractivity contribution >= 4 is 11.7 Å². The molecule has 26 heavy (non-hydrogen) atoms. The molecule has 3 unspecified atom stereocenters. The van der Waals surface area contributed by atoms with Crippen molar-refractivity contribution in [1.82, 2.24) is 0 Å². The third kappa shape index (κ3) is 6.09. The Morgan fingerprint density at radius 1 is 1.35 bits per heavy atom. The number of fused-ring (bicyclic) bond motifs is 1. The van der Waals surface area contributed by atoms with Crippen LogP contribution < -0.4 is 0 Å². The number of unbranched alkanes of at least 4 members (excludes halogenated alkanes) is 3. The fraction of sp³-hybridized carbons (Fsp3) is 0.800. The predicted molar refractivity (Wildman–Crippen MR) is 99.9 cm³/mol. The molecule has 0 saturated heterocycles. The Morgan fingerprint density at radius 2 is 2.15 bits per heavy atom. The molecule has 2 saturated carbocycles. The van der Waals surface area contributed by atoms with Gasteiger partial charge < -0.3 is 20.2 Å². The number of oxime groups is 1. The number of aliphatic carboxylic acids is 1. The van der Waals surface area contributed by atoms with E-state index in [0.29, 0.717) is 13.0 Å². The van der Waals surface area contributed by atoms with Crippen LogP contribution in [0.1, 0.15) is 64.7 Å². The quantitative estimate of drug-likeness (QED) is 0.280. The molecule has 0 amide bonds. The highest BCUT2D eigenvalue weighted by atomic mass is 16.6. The third-order valence-electron chi connectivity index (χ3n) is 5.54. The van der Waals surface area contributed by atoms with Crippen molar-refractivity contribution in [2.24, 2.45) is 22.9 Å². The van der Waals surface area contributed by atoms with Gasteiger partial charge >= 0.3 is 5.97 Å². The number of hydrogen-bond donors (Lipinski definition) is 3. The van der Waals surface area contributed by atoms with Gasteiger partial charge in [-0.05, 0) is 31.6 Å². The van der Waals surface area contributed by atoms with E-state index in [2.05, 4.69) is 12.1 Å². The third-order valence-corrected chi connectivity index (χ3v) is 5.54. The van der Waals surface area contributed by atoms with Gasteiger partial charge in [0.05, 0.1) is 17.9 Å². The highest BCUT2D eigenvalue weighted by Gasteiger charge is 2.51. The van der Waals surface area contributed by atoms with Gasteiger partial charge in [0.1, 0.15) is 6.61 Å². The molecule has 0 aromatic carbocycles. The molecule has 0 bridgehead atoms. The Balaban J connectivity index is 1.70. The van der Waals surface area contributed by atoms with Crippen molar-refractivity contribution in [2.45, 2.75) is 76.9 Å². The predicted octanol–water partition coefficient (Wildman–Crippen LogP) is 3.13. The molecule has 5 atom stereocenters. The van der Waals surface area contributed by atoms with E-state index in [9.17, 15) is 15.0 Å². The van der Waals surface area contributed by atoms with Gasteiger partial charge in [-0.3, -0.25) is 4.79 Å². The number of aliphatic hydroxyl groups is 2. The van der Waals surface area contributed by atoms with Crippen LogP contribution in [-0.4, -0.2) is 45.8 Å². The van der Waals surface area contributed by atoms with Crippen LogP contribution >= 0.6 is 0 Å². The number of hydrogen-bond acceptors (Lipinski definition) is 5. The molecular formula is C20H33NO5. The first-order valence-corrected chi connectivity index (χ1v) is 9.97. The van der Waals surface area contributed by atoms with Crippen LogP contribution in [0.2, 0.25) is 0 Å². The average molecular weight is 367 g/mol. The number of rotatable bonds is 12. The molecule has 2 rings (SSSR count). The fourth-order valence-corrected chi connectivity index (χ4v) is 3.90. The second kappa shape index (κ2) is 10.7. The summed E-state index contributed by atoms with van der Waals surface area (Å²) in [7, 11) is 0. The number of aliphatic hydroxyl groups excluding tert-OH is 2. The maximum absolute atomic E-state index is 10.4. The van der Waals surface area contributed by atoms with E-state index in [0.717, 1.165) is 37.8 Å². The highest BCUT2D eigenvalue weighted by Crippen LogP contribution is 2.48. The average Bonchev–Trinajstić information content (AvgIpc) is 2.83. The summed E-state index contributed by atoms with van der Waals surface area (Å²) < 4.78 is 0. The molecule has 0 radical (unpaired) electrons. The lowest BCUT2D eigenvalue weighted by atomic mass is 9.73. The zero-order valence-corrected chi connectivity index (χ0v) is 15.7. The maximum atomic E-state index is 10.4. The standard InChI is InChI=1S/C20H33NO5/c1-2-3-4-5-7-15(22)10-9-14-12-16-17(20(14)25)13-18(16)21-26-11-6-8-19(23)24/h9-10,14-17,20,22,25H,2-8,11-13H2,1H3,(H,23,24)/t14?,15?,16-,17+,20?/m0/s1. The lowest BCUT2D eigenvalue weighted by molar-refractivity contribution is -0.137. The molecule has 0 aliphatic heterocycles. The van der Waals surface area contributed by atoms with Crippen LogP contribution in [0, 0.1) is 17.8 Å². The van der Waals surface area contributed by atoms with Crippen molar-refractivity contribution in [2.75, 3.05) is 6.61 Å². The summed E-state index contributed by atoms with van der Waals surface area (Å²) in [5.41, 5.74) is 0.973. The molecule has 6 heteroatoms. The van der Waals surface area contributed by atoms with Crippen LogP contribution in [0.5, 0.6) is 0 Å². The molecule has 0 aromatic heterocycles. The molecule has 2 aliphatic carbocycles. The highest BCUT2D eigenvalue weighted by molar-refractivity contribution is 5.93. The molecule has 0 spiro atoms. The summed E-state index contributed by atoms with van der Waals surface area (Å²) in [5.74, 6) is -0.283. The second-order valence-corrected chi connectivity index (χ2v) is 7.58. The number of carboxylic acid groups (broad SMARTS) is 1. The molecule has 0 heterocycles. The van der Waals surface area contributed by atoms with Crippen molar-refractivity contribution in [3.8, 4) is 0 Å². The summed E-state index contributed by atoms with van der Waals surface area (Å²) in [6.45, 7) is 2.48. The summed E-state index contributed by atoms with van der Waals surface area (Å²) in [5, 5.41) is 33.2. The largest absolute Gasteiger partial charge is 0.481 e. The minimum atomic E-state index is -0.828. The molecule has 6 nitrogen and oxygen atoms in total. The summed E-state index contributed by atoms with van der Waals surface area (Å²) in [6, 6.07) is 0. The van der Waals surface area contributed by atoms with Gasteiger partial charge in [0.2, 0.25) is 0 Å². The zero-order chi connectivity index (χ0) is 18.9. The lowest BCUT2D eigenvalue weighted by Gasteiger charge is -2.33. The first-order valence-electron chi connectivity index (χ1n) is 9.97. The van der Waals surface area contributed by atoms with Crippen molar-refractivity contribution in [1.29, 1.82) is 0 Å². The SMILES string of the molecule is CCCCCCC(O)C=CC1C[C@@H]2C(=NOCCCC(=O)O)C[C@H]2C1O. The molecule has 148 valence electrons. The van der Waals surface area contributed by atoms with Crippen LogP contribution in [-0.2, 0) is 9.63 Å². The van der Waals surface area contributed by atoms with Crippen LogP contribution in [0.4, 0.5) is 0 Å². The Hall–Kier alpha value is -1.40. The molecule has 0 aromatic rings. The monoisotopic (exact) mass is 367 g/mol. The Kier molecular flexibility index (Phi) is 8.59. The number of carboxylic acids is 1. The van der Waals surface area contributed by atoms with Gasteiger partial charge in [-0.15, -0.1) is 0 Å². The Labute approximate surface area is 155 Å². The lowest BCUT2D eigenvalue weighted by Crippen LogP contribution is -2.38. The first-order chi connectivity index (χ1) is 12.5. The normalized spacial score (nSPS) is 30.3. The van der Waals surface area contributed by atoms with E-state index < -0.39 is 12.1 Å². The fourth-order valence-electron chi connectivity index (χ4n) is 3.90. The van der Waals surface area contributed by atoms with Crippen molar-refractivity contribution in [3.63, 3.8) is 0 Å². The maximum Gasteiger partial charge on any atom is 0.303 e. The second-order valence-electron chi connectivity index (χ2n) is 7.58. The molecular weight excluding hydrogens is 334 g/mol.